The van der Waals surface area contributed by atoms with Crippen LogP contribution in [0.1, 0.15) is 46.7 Å². The summed E-state index contributed by atoms with van der Waals surface area (Å²) in [6, 6.07) is 18.7. The number of rotatable bonds is 9. The Bertz CT molecular complexity index is 991. The maximum atomic E-state index is 6.13. The zero-order valence-electron chi connectivity index (χ0n) is 18.7. The molecule has 0 aliphatic rings. The van der Waals surface area contributed by atoms with E-state index in [0.29, 0.717) is 19.8 Å². The van der Waals surface area contributed by atoms with Crippen LogP contribution in [0, 0.1) is 27.7 Å². The van der Waals surface area contributed by atoms with Crippen LogP contribution in [0.25, 0.3) is 0 Å². The Labute approximate surface area is 180 Å². The third-order valence-electron chi connectivity index (χ3n) is 5.02. The first-order valence-corrected chi connectivity index (χ1v) is 10.6. The Morgan fingerprint density at radius 2 is 1.17 bits per heavy atom. The van der Waals surface area contributed by atoms with E-state index in [-0.39, 0.29) is 0 Å². The molecule has 0 fully saturated rings. The molecule has 3 nitrogen and oxygen atoms in total. The second-order valence-electron chi connectivity index (χ2n) is 7.91. The summed E-state index contributed by atoms with van der Waals surface area (Å²) < 4.78 is 18.1. The van der Waals surface area contributed by atoms with Gasteiger partial charge in [-0.25, -0.2) is 0 Å². The number of hydrogen-bond acceptors (Lipinski definition) is 3. The number of benzene rings is 3. The normalized spacial score (nSPS) is 10.7. The molecule has 0 bridgehead atoms. The van der Waals surface area contributed by atoms with Crippen molar-refractivity contribution in [3.8, 4) is 17.2 Å². The first-order valence-electron chi connectivity index (χ1n) is 10.6. The molecule has 0 radical (unpaired) electrons. The van der Waals surface area contributed by atoms with E-state index in [1.54, 1.807) is 0 Å². The van der Waals surface area contributed by atoms with E-state index in [1.807, 2.05) is 18.2 Å². The summed E-state index contributed by atoms with van der Waals surface area (Å²) in [7, 11) is 0. The molecule has 0 spiro atoms. The third-order valence-corrected chi connectivity index (χ3v) is 5.02. The first-order chi connectivity index (χ1) is 14.5. The van der Waals surface area contributed by atoms with Gasteiger partial charge in [0.2, 0.25) is 0 Å². The van der Waals surface area contributed by atoms with Crippen LogP contribution in [0.15, 0.2) is 54.6 Å². The van der Waals surface area contributed by atoms with Gasteiger partial charge in [0, 0.05) is 5.56 Å². The highest BCUT2D eigenvalue weighted by atomic mass is 16.5. The highest BCUT2D eigenvalue weighted by molar-refractivity contribution is 5.40. The first kappa shape index (κ1) is 21.8. The third kappa shape index (κ3) is 5.79. The van der Waals surface area contributed by atoms with Crippen LogP contribution in [0.2, 0.25) is 0 Å². The van der Waals surface area contributed by atoms with E-state index in [2.05, 4.69) is 71.0 Å². The molecule has 0 saturated carbocycles. The summed E-state index contributed by atoms with van der Waals surface area (Å²) in [6.07, 6.45) is 0.967. The molecular weight excluding hydrogens is 372 g/mol. The molecule has 3 rings (SSSR count). The number of ether oxygens (including phenoxy) is 3. The largest absolute Gasteiger partial charge is 0.493 e. The quantitative estimate of drug-likeness (QED) is 0.389. The fourth-order valence-electron chi connectivity index (χ4n) is 3.43. The molecule has 3 aromatic carbocycles. The van der Waals surface area contributed by atoms with E-state index < -0.39 is 0 Å². The Morgan fingerprint density at radius 1 is 0.600 bits per heavy atom. The van der Waals surface area contributed by atoms with Crippen molar-refractivity contribution in [3.63, 3.8) is 0 Å². The van der Waals surface area contributed by atoms with Crippen molar-refractivity contribution < 1.29 is 14.2 Å². The van der Waals surface area contributed by atoms with E-state index in [9.17, 15) is 0 Å². The molecule has 0 saturated heterocycles. The van der Waals surface area contributed by atoms with Crippen molar-refractivity contribution in [3.05, 3.63) is 88.0 Å². The molecule has 0 amide bonds. The van der Waals surface area contributed by atoms with Crippen molar-refractivity contribution >= 4 is 0 Å². The van der Waals surface area contributed by atoms with Crippen molar-refractivity contribution in [2.75, 3.05) is 6.61 Å². The summed E-state index contributed by atoms with van der Waals surface area (Å²) in [5.74, 6) is 2.69. The van der Waals surface area contributed by atoms with Crippen LogP contribution < -0.4 is 14.2 Å². The molecular formula is C27H32O3. The summed E-state index contributed by atoms with van der Waals surface area (Å²) in [4.78, 5) is 0. The van der Waals surface area contributed by atoms with E-state index in [4.69, 9.17) is 14.2 Å². The van der Waals surface area contributed by atoms with E-state index in [0.717, 1.165) is 45.9 Å². The summed E-state index contributed by atoms with van der Waals surface area (Å²) >= 11 is 0. The molecule has 30 heavy (non-hydrogen) atoms. The van der Waals surface area contributed by atoms with Crippen LogP contribution in [0.3, 0.4) is 0 Å². The van der Waals surface area contributed by atoms with Gasteiger partial charge in [0.25, 0.3) is 0 Å². The van der Waals surface area contributed by atoms with Gasteiger partial charge >= 0.3 is 0 Å². The molecule has 3 heteroatoms. The Hall–Kier alpha value is -2.94. The average molecular weight is 405 g/mol. The zero-order chi connectivity index (χ0) is 21.5. The van der Waals surface area contributed by atoms with Gasteiger partial charge < -0.3 is 14.2 Å². The van der Waals surface area contributed by atoms with Gasteiger partial charge in [0.1, 0.15) is 30.5 Å². The Balaban J connectivity index is 1.75. The Morgan fingerprint density at radius 3 is 1.73 bits per heavy atom. The second kappa shape index (κ2) is 10.2. The fourth-order valence-corrected chi connectivity index (χ4v) is 3.43. The molecule has 0 aliphatic heterocycles. The molecule has 0 unspecified atom stereocenters. The van der Waals surface area contributed by atoms with Gasteiger partial charge in [-0.15, -0.1) is 0 Å². The fraction of sp³-hybridized carbons (Fsp3) is 0.333. The van der Waals surface area contributed by atoms with Crippen LogP contribution in [-0.2, 0) is 13.2 Å². The van der Waals surface area contributed by atoms with Crippen molar-refractivity contribution in [2.45, 2.75) is 54.3 Å². The Kier molecular flexibility index (Phi) is 7.40. The van der Waals surface area contributed by atoms with Crippen molar-refractivity contribution in [1.82, 2.24) is 0 Å². The summed E-state index contributed by atoms with van der Waals surface area (Å²) in [5, 5.41) is 0. The number of aryl methyl sites for hydroxylation is 4. The molecule has 3 aromatic rings. The van der Waals surface area contributed by atoms with Crippen LogP contribution in [0.5, 0.6) is 17.2 Å². The minimum atomic E-state index is 0.459. The molecule has 0 N–H and O–H groups in total. The van der Waals surface area contributed by atoms with Gasteiger partial charge in [-0.1, -0.05) is 48.4 Å². The second-order valence-corrected chi connectivity index (χ2v) is 7.91. The molecule has 0 aliphatic carbocycles. The minimum Gasteiger partial charge on any atom is -0.493 e. The maximum absolute atomic E-state index is 6.13. The van der Waals surface area contributed by atoms with Crippen molar-refractivity contribution in [2.24, 2.45) is 0 Å². The summed E-state index contributed by atoms with van der Waals surface area (Å²) in [5.41, 5.74) is 6.89. The zero-order valence-corrected chi connectivity index (χ0v) is 18.7. The van der Waals surface area contributed by atoms with Gasteiger partial charge in [0.05, 0.1) is 6.61 Å². The standard InChI is InChI=1S/C27H32O3/c1-6-13-28-27-12-9-23(17-29-25-10-7-19(2)14-21(25)4)16-24(27)18-30-26-11-8-20(3)15-22(26)5/h7-12,14-16H,6,13,17-18H2,1-5H3. The van der Waals surface area contributed by atoms with Crippen molar-refractivity contribution in [1.29, 1.82) is 0 Å². The molecule has 0 aromatic heterocycles. The van der Waals surface area contributed by atoms with Gasteiger partial charge in [-0.2, -0.15) is 0 Å². The lowest BCUT2D eigenvalue weighted by Gasteiger charge is -2.16. The lowest BCUT2D eigenvalue weighted by molar-refractivity contribution is 0.276. The lowest BCUT2D eigenvalue weighted by atomic mass is 10.1. The van der Waals surface area contributed by atoms with Gasteiger partial charge in [0.15, 0.2) is 0 Å². The SMILES string of the molecule is CCCOc1ccc(COc2ccc(C)cc2C)cc1COc1ccc(C)cc1C. The minimum absolute atomic E-state index is 0.459. The van der Waals surface area contributed by atoms with Gasteiger partial charge in [-0.3, -0.25) is 0 Å². The average Bonchev–Trinajstić information content (AvgIpc) is 2.71. The molecule has 0 atom stereocenters. The topological polar surface area (TPSA) is 27.7 Å². The smallest absolute Gasteiger partial charge is 0.125 e. The highest BCUT2D eigenvalue weighted by Crippen LogP contribution is 2.26. The predicted molar refractivity (Wildman–Crippen MR) is 123 cm³/mol. The predicted octanol–water partition coefficient (Wildman–Crippen LogP) is 6.87. The maximum Gasteiger partial charge on any atom is 0.125 e. The van der Waals surface area contributed by atoms with Crippen LogP contribution in [-0.4, -0.2) is 6.61 Å². The highest BCUT2D eigenvalue weighted by Gasteiger charge is 2.09. The molecule has 0 heterocycles. The monoisotopic (exact) mass is 404 g/mol. The van der Waals surface area contributed by atoms with Gasteiger partial charge in [-0.05, 0) is 75.1 Å². The van der Waals surface area contributed by atoms with E-state index in [1.165, 1.54) is 11.1 Å². The number of hydrogen-bond donors (Lipinski definition) is 0. The van der Waals surface area contributed by atoms with E-state index >= 15 is 0 Å². The van der Waals surface area contributed by atoms with Crippen LogP contribution >= 0.6 is 0 Å². The molecule has 158 valence electrons. The van der Waals surface area contributed by atoms with Crippen LogP contribution in [0.4, 0.5) is 0 Å². The summed E-state index contributed by atoms with van der Waals surface area (Å²) in [6.45, 7) is 12.1. The lowest BCUT2D eigenvalue weighted by Crippen LogP contribution is -2.05.